The van der Waals surface area contributed by atoms with Gasteiger partial charge < -0.3 is 14.6 Å². The molecule has 1 saturated heterocycles. The molecule has 1 atom stereocenters. The van der Waals surface area contributed by atoms with Gasteiger partial charge in [0, 0.05) is 43.0 Å². The number of likely N-dealkylation sites (tertiary alicyclic amines) is 1. The van der Waals surface area contributed by atoms with Gasteiger partial charge in [-0.2, -0.15) is 0 Å². The summed E-state index contributed by atoms with van der Waals surface area (Å²) in [5.74, 6) is -1.20. The van der Waals surface area contributed by atoms with Crippen LogP contribution in [0.5, 0.6) is 0 Å². The molecule has 1 unspecified atom stereocenters. The number of benzene rings is 1. The first-order chi connectivity index (χ1) is 13.0. The number of aromatic nitrogens is 2. The van der Waals surface area contributed by atoms with E-state index in [1.807, 2.05) is 0 Å². The van der Waals surface area contributed by atoms with Crippen molar-refractivity contribution in [3.05, 3.63) is 52.6 Å². The highest BCUT2D eigenvalue weighted by Gasteiger charge is 2.29. The molecule has 1 amide bonds. The Morgan fingerprint density at radius 2 is 2.15 bits per heavy atom. The second kappa shape index (κ2) is 7.98. The molecule has 1 aliphatic heterocycles. The van der Waals surface area contributed by atoms with Crippen molar-refractivity contribution >= 4 is 17.6 Å². The lowest BCUT2D eigenvalue weighted by atomic mass is 9.96. The zero-order valence-corrected chi connectivity index (χ0v) is 14.7. The van der Waals surface area contributed by atoms with E-state index in [2.05, 4.69) is 4.98 Å². The molecule has 2 aromatic rings. The van der Waals surface area contributed by atoms with Crippen LogP contribution in [0.15, 0.2) is 36.9 Å². The second-order valence-corrected chi connectivity index (χ2v) is 6.51. The highest BCUT2D eigenvalue weighted by atomic mass is 16.6. The molecule has 0 aliphatic carbocycles. The number of amides is 1. The molecule has 0 bridgehead atoms. The van der Waals surface area contributed by atoms with Crippen LogP contribution in [0.2, 0.25) is 0 Å². The molecular formula is C18H20N4O5. The molecule has 2 heterocycles. The van der Waals surface area contributed by atoms with Crippen LogP contribution in [-0.4, -0.2) is 48.9 Å². The summed E-state index contributed by atoms with van der Waals surface area (Å²) in [4.78, 5) is 40.4. The highest BCUT2D eigenvalue weighted by Crippen LogP contribution is 2.27. The number of rotatable bonds is 6. The lowest BCUT2D eigenvalue weighted by molar-refractivity contribution is -0.384. The SMILES string of the molecule is O=C(O)CCC1CCCCN1C(=O)c1ccc(-n2ccnc2)c([N+](=O)[O-])c1. The number of imidazole rings is 1. The Morgan fingerprint density at radius 3 is 2.81 bits per heavy atom. The minimum Gasteiger partial charge on any atom is -0.481 e. The summed E-state index contributed by atoms with van der Waals surface area (Å²) < 4.78 is 1.52. The van der Waals surface area contributed by atoms with E-state index in [9.17, 15) is 19.7 Å². The molecular weight excluding hydrogens is 352 g/mol. The third-order valence-electron chi connectivity index (χ3n) is 4.78. The number of nitrogens with zero attached hydrogens (tertiary/aromatic N) is 4. The highest BCUT2D eigenvalue weighted by molar-refractivity contribution is 5.95. The van der Waals surface area contributed by atoms with Crippen LogP contribution in [0.3, 0.4) is 0 Å². The first-order valence-corrected chi connectivity index (χ1v) is 8.77. The average Bonchev–Trinajstić information content (AvgIpc) is 3.20. The van der Waals surface area contributed by atoms with Gasteiger partial charge in [-0.25, -0.2) is 4.98 Å². The van der Waals surface area contributed by atoms with Crippen LogP contribution < -0.4 is 0 Å². The number of nitro benzene ring substituents is 1. The van der Waals surface area contributed by atoms with Gasteiger partial charge in [0.15, 0.2) is 0 Å². The van der Waals surface area contributed by atoms with E-state index in [1.165, 1.54) is 29.2 Å². The molecule has 3 rings (SSSR count). The van der Waals surface area contributed by atoms with Crippen molar-refractivity contribution in [2.45, 2.75) is 38.1 Å². The maximum atomic E-state index is 13.0. The first kappa shape index (κ1) is 18.6. The number of aliphatic carboxylic acids is 1. The minimum absolute atomic E-state index is 0.00579. The van der Waals surface area contributed by atoms with Crippen LogP contribution in [-0.2, 0) is 4.79 Å². The Kier molecular flexibility index (Phi) is 5.49. The van der Waals surface area contributed by atoms with Gasteiger partial charge in [0.25, 0.3) is 11.6 Å². The van der Waals surface area contributed by atoms with Gasteiger partial charge >= 0.3 is 5.97 Å². The number of piperidine rings is 1. The Labute approximate surface area is 155 Å². The summed E-state index contributed by atoms with van der Waals surface area (Å²) >= 11 is 0. The van der Waals surface area contributed by atoms with Gasteiger partial charge in [0.1, 0.15) is 5.69 Å². The minimum atomic E-state index is -0.895. The number of carboxylic acids is 1. The fourth-order valence-electron chi connectivity index (χ4n) is 3.45. The second-order valence-electron chi connectivity index (χ2n) is 6.51. The molecule has 0 radical (unpaired) electrons. The van der Waals surface area contributed by atoms with Crippen LogP contribution in [0.1, 0.15) is 42.5 Å². The van der Waals surface area contributed by atoms with Crippen LogP contribution in [0.25, 0.3) is 5.69 Å². The van der Waals surface area contributed by atoms with E-state index >= 15 is 0 Å². The van der Waals surface area contributed by atoms with Crippen molar-refractivity contribution < 1.29 is 19.6 Å². The molecule has 1 fully saturated rings. The predicted molar refractivity (Wildman–Crippen MR) is 95.8 cm³/mol. The summed E-state index contributed by atoms with van der Waals surface area (Å²) in [5, 5.41) is 20.4. The van der Waals surface area contributed by atoms with Crippen LogP contribution in [0, 0.1) is 10.1 Å². The Balaban J connectivity index is 1.88. The summed E-state index contributed by atoms with van der Waals surface area (Å²) in [5.41, 5.74) is 0.376. The van der Waals surface area contributed by atoms with Gasteiger partial charge in [0.05, 0.1) is 11.3 Å². The number of hydrogen-bond acceptors (Lipinski definition) is 5. The lowest BCUT2D eigenvalue weighted by Gasteiger charge is -2.35. The summed E-state index contributed by atoms with van der Waals surface area (Å²) in [6, 6.07) is 4.21. The molecule has 27 heavy (non-hydrogen) atoms. The van der Waals surface area contributed by atoms with Crippen molar-refractivity contribution in [2.24, 2.45) is 0 Å². The first-order valence-electron chi connectivity index (χ1n) is 8.77. The fraction of sp³-hybridized carbons (Fsp3) is 0.389. The van der Waals surface area contributed by atoms with E-state index in [0.717, 1.165) is 19.3 Å². The Hall–Kier alpha value is -3.23. The van der Waals surface area contributed by atoms with Crippen molar-refractivity contribution in [3.8, 4) is 5.69 Å². The van der Waals surface area contributed by atoms with Gasteiger partial charge in [0.2, 0.25) is 0 Å². The van der Waals surface area contributed by atoms with Crippen molar-refractivity contribution in [2.75, 3.05) is 6.54 Å². The van der Waals surface area contributed by atoms with E-state index in [4.69, 9.17) is 5.11 Å². The van der Waals surface area contributed by atoms with E-state index in [1.54, 1.807) is 17.2 Å². The molecule has 0 saturated carbocycles. The van der Waals surface area contributed by atoms with Crippen molar-refractivity contribution in [1.82, 2.24) is 14.5 Å². The smallest absolute Gasteiger partial charge is 0.303 e. The van der Waals surface area contributed by atoms with E-state index in [-0.39, 0.29) is 29.6 Å². The molecule has 1 aromatic carbocycles. The molecule has 1 N–H and O–H groups in total. The van der Waals surface area contributed by atoms with Crippen LogP contribution >= 0.6 is 0 Å². The number of carbonyl (C=O) groups excluding carboxylic acids is 1. The van der Waals surface area contributed by atoms with E-state index in [0.29, 0.717) is 18.7 Å². The Morgan fingerprint density at radius 1 is 1.33 bits per heavy atom. The van der Waals surface area contributed by atoms with Gasteiger partial charge in [-0.1, -0.05) is 0 Å². The third kappa shape index (κ3) is 4.13. The lowest BCUT2D eigenvalue weighted by Crippen LogP contribution is -2.44. The zero-order valence-electron chi connectivity index (χ0n) is 14.7. The Bertz CT molecular complexity index is 849. The van der Waals surface area contributed by atoms with Gasteiger partial charge in [-0.3, -0.25) is 19.7 Å². The molecule has 1 aromatic heterocycles. The van der Waals surface area contributed by atoms with Gasteiger partial charge in [-0.15, -0.1) is 0 Å². The topological polar surface area (TPSA) is 119 Å². The van der Waals surface area contributed by atoms with E-state index < -0.39 is 10.9 Å². The maximum Gasteiger partial charge on any atom is 0.303 e. The standard InChI is InChI=1S/C18H20N4O5/c23-17(24)7-5-14-3-1-2-9-21(14)18(25)13-4-6-15(16(11-13)22(26)27)20-10-8-19-12-20/h4,6,8,10-12,14H,1-3,5,7,9H2,(H,23,24). The predicted octanol–water partition coefficient (Wildman–Crippen LogP) is 2.64. The van der Waals surface area contributed by atoms with Crippen molar-refractivity contribution in [3.63, 3.8) is 0 Å². The number of carboxylic acid groups (broad SMARTS) is 1. The normalized spacial score (nSPS) is 16.9. The zero-order chi connectivity index (χ0) is 19.4. The summed E-state index contributed by atoms with van der Waals surface area (Å²) in [7, 11) is 0. The fourth-order valence-corrected chi connectivity index (χ4v) is 3.45. The van der Waals surface area contributed by atoms with Gasteiger partial charge in [-0.05, 0) is 37.8 Å². The number of carbonyl (C=O) groups is 2. The van der Waals surface area contributed by atoms with Crippen molar-refractivity contribution in [1.29, 1.82) is 0 Å². The molecule has 9 heteroatoms. The monoisotopic (exact) mass is 372 g/mol. The van der Waals surface area contributed by atoms with Crippen LogP contribution in [0.4, 0.5) is 5.69 Å². The third-order valence-corrected chi connectivity index (χ3v) is 4.78. The largest absolute Gasteiger partial charge is 0.481 e. The summed E-state index contributed by atoms with van der Waals surface area (Å²) in [6.07, 6.45) is 7.47. The number of hydrogen-bond donors (Lipinski definition) is 1. The molecule has 142 valence electrons. The average molecular weight is 372 g/mol. The number of nitro groups is 1. The quantitative estimate of drug-likeness (QED) is 0.615. The molecule has 9 nitrogen and oxygen atoms in total. The summed E-state index contributed by atoms with van der Waals surface area (Å²) in [6.45, 7) is 0.528. The molecule has 1 aliphatic rings. The maximum absolute atomic E-state index is 13.0. The molecule has 0 spiro atoms.